The first-order valence-electron chi connectivity index (χ1n) is 12.8. The Kier molecular flexibility index (Phi) is 9.41. The molecule has 234 valence electrons. The lowest BCUT2D eigenvalue weighted by molar-refractivity contribution is -0.239. The molecule has 18 heteroatoms. The molecule has 2 N–H and O–H groups in total. The van der Waals surface area contributed by atoms with Crippen molar-refractivity contribution >= 4 is 46.7 Å². The Bertz CT molecular complexity index is 1570. The third-order valence-corrected chi connectivity index (χ3v) is 6.18. The molecule has 1 aliphatic rings. The first-order valence-corrected chi connectivity index (χ1v) is 12.8. The number of rotatable bonds is 8. The van der Waals surface area contributed by atoms with Gasteiger partial charge >= 0.3 is 30.0 Å². The van der Waals surface area contributed by atoms with Crippen molar-refractivity contribution in [3.05, 3.63) is 48.5 Å². The number of hydrogen-bond acceptors (Lipinski definition) is 12. The molecule has 4 rings (SSSR count). The van der Waals surface area contributed by atoms with E-state index in [0.29, 0.717) is 5.56 Å². The van der Waals surface area contributed by atoms with Crippen molar-refractivity contribution in [1.29, 1.82) is 0 Å². The second-order valence-electron chi connectivity index (χ2n) is 9.38. The molecule has 1 saturated heterocycles. The number of anilines is 1. The smallest absolute Gasteiger partial charge is 0.463 e. The summed E-state index contributed by atoms with van der Waals surface area (Å²) in [6.07, 6.45) is -9.81. The van der Waals surface area contributed by atoms with Gasteiger partial charge in [0.15, 0.2) is 35.4 Å². The molecule has 2 aromatic heterocycles. The molecule has 1 aromatic carbocycles. The number of esters is 3. The Labute approximate surface area is 246 Å². The van der Waals surface area contributed by atoms with Crippen LogP contribution in [-0.4, -0.2) is 86.4 Å². The molecule has 3 aromatic rings. The number of carbonyl (C=O) groups excluding carboxylic acids is 5. The minimum atomic E-state index is -5.38. The Morgan fingerprint density at radius 3 is 2.20 bits per heavy atom. The van der Waals surface area contributed by atoms with Gasteiger partial charge in [0.1, 0.15) is 25.1 Å². The fraction of sp³-hybridized carbons (Fsp3) is 0.385. The van der Waals surface area contributed by atoms with Gasteiger partial charge in [-0.2, -0.15) is 13.2 Å². The SMILES string of the molecule is CC(=O)OC[C@H]1O[C@@H](n2cnc3c(NC(=O)c4ccccc4)ncnc32)[C@H](NC(=O)C(F)(F)F)[C@@H](OC(C)=O)[C@@H]1OC(C)=O. The van der Waals surface area contributed by atoms with Crippen LogP contribution in [0.15, 0.2) is 43.0 Å². The maximum absolute atomic E-state index is 13.4. The van der Waals surface area contributed by atoms with Crippen LogP contribution < -0.4 is 10.6 Å². The van der Waals surface area contributed by atoms with Crippen LogP contribution >= 0.6 is 0 Å². The zero-order valence-corrected chi connectivity index (χ0v) is 23.2. The number of aromatic nitrogens is 4. The number of carbonyl (C=O) groups is 5. The van der Waals surface area contributed by atoms with Crippen LogP contribution in [0.2, 0.25) is 0 Å². The van der Waals surface area contributed by atoms with Crippen molar-refractivity contribution in [2.24, 2.45) is 0 Å². The van der Waals surface area contributed by atoms with Crippen LogP contribution in [0.1, 0.15) is 37.4 Å². The first kappa shape index (κ1) is 31.8. The van der Waals surface area contributed by atoms with E-state index in [2.05, 4.69) is 20.3 Å². The largest absolute Gasteiger partial charge is 0.471 e. The zero-order valence-electron chi connectivity index (χ0n) is 23.2. The highest BCUT2D eigenvalue weighted by molar-refractivity contribution is 6.06. The molecule has 2 amide bonds. The van der Waals surface area contributed by atoms with Gasteiger partial charge < -0.3 is 29.6 Å². The van der Waals surface area contributed by atoms with Crippen LogP contribution in [0.3, 0.4) is 0 Å². The number of halogens is 3. The summed E-state index contributed by atoms with van der Waals surface area (Å²) in [6.45, 7) is 2.40. The number of imidazole rings is 1. The number of fused-ring (bicyclic) bond motifs is 1. The van der Waals surface area contributed by atoms with Crippen LogP contribution in [-0.2, 0) is 38.1 Å². The lowest BCUT2D eigenvalue weighted by atomic mass is 9.94. The molecular formula is C26H25F3N6O9. The van der Waals surface area contributed by atoms with Gasteiger partial charge in [-0.3, -0.25) is 28.5 Å². The summed E-state index contributed by atoms with van der Waals surface area (Å²) >= 11 is 0. The molecule has 0 radical (unpaired) electrons. The van der Waals surface area contributed by atoms with E-state index in [1.54, 1.807) is 35.6 Å². The maximum atomic E-state index is 13.4. The highest BCUT2D eigenvalue weighted by atomic mass is 19.4. The van der Waals surface area contributed by atoms with E-state index in [9.17, 15) is 37.1 Å². The minimum Gasteiger partial charge on any atom is -0.463 e. The number of benzene rings is 1. The standard InChI is InChI=1S/C26H25F3N6O9/c1-12(36)41-9-16-19(42-13(2)37)20(43-14(3)38)17(33-25(40)26(27,28)29)24(44-16)35-11-32-18-21(30-10-31-22(18)35)34-23(39)15-7-5-4-6-8-15/h4-8,10-11,16-17,19-20,24H,9H2,1-3H3,(H,33,40)(H,30,31,34,39)/t16-,17-,19-,20-,24-/m1/s1. The maximum Gasteiger partial charge on any atom is 0.471 e. The van der Waals surface area contributed by atoms with Crippen molar-refractivity contribution in [2.75, 3.05) is 11.9 Å². The van der Waals surface area contributed by atoms with Gasteiger partial charge in [0, 0.05) is 26.3 Å². The Morgan fingerprint density at radius 1 is 0.932 bits per heavy atom. The van der Waals surface area contributed by atoms with E-state index >= 15 is 0 Å². The number of hydrogen-bond donors (Lipinski definition) is 2. The van der Waals surface area contributed by atoms with Crippen molar-refractivity contribution in [1.82, 2.24) is 24.8 Å². The second kappa shape index (κ2) is 13.0. The third-order valence-electron chi connectivity index (χ3n) is 6.18. The molecule has 15 nitrogen and oxygen atoms in total. The van der Waals surface area contributed by atoms with Gasteiger partial charge in [0.05, 0.1) is 6.33 Å². The van der Waals surface area contributed by atoms with Gasteiger partial charge in [-0.1, -0.05) is 18.2 Å². The molecule has 0 spiro atoms. The van der Waals surface area contributed by atoms with Gasteiger partial charge in [-0.15, -0.1) is 0 Å². The van der Waals surface area contributed by atoms with Crippen molar-refractivity contribution in [2.45, 2.75) is 57.5 Å². The van der Waals surface area contributed by atoms with E-state index in [-0.39, 0.29) is 17.0 Å². The van der Waals surface area contributed by atoms with E-state index < -0.39 is 73.1 Å². The molecule has 44 heavy (non-hydrogen) atoms. The highest BCUT2D eigenvalue weighted by Crippen LogP contribution is 2.35. The Hall–Kier alpha value is -5.13. The summed E-state index contributed by atoms with van der Waals surface area (Å²) in [5.74, 6) is -5.77. The number of alkyl halides is 3. The van der Waals surface area contributed by atoms with Crippen LogP contribution in [0.25, 0.3) is 11.2 Å². The Balaban J connectivity index is 1.82. The predicted molar refractivity (Wildman–Crippen MR) is 139 cm³/mol. The van der Waals surface area contributed by atoms with Gasteiger partial charge in [0.25, 0.3) is 5.91 Å². The van der Waals surface area contributed by atoms with Crippen LogP contribution in [0.5, 0.6) is 0 Å². The third kappa shape index (κ3) is 7.25. The van der Waals surface area contributed by atoms with Crippen LogP contribution in [0, 0.1) is 0 Å². The van der Waals surface area contributed by atoms with Crippen molar-refractivity contribution < 1.29 is 56.1 Å². The fourth-order valence-electron chi connectivity index (χ4n) is 4.44. The first-order chi connectivity index (χ1) is 20.8. The molecule has 3 heterocycles. The topological polar surface area (TPSA) is 190 Å². The number of amides is 2. The molecular weight excluding hydrogens is 597 g/mol. The number of nitrogens with zero attached hydrogens (tertiary/aromatic N) is 4. The molecule has 5 atom stereocenters. The normalized spacial score (nSPS) is 21.6. The monoisotopic (exact) mass is 622 g/mol. The second-order valence-corrected chi connectivity index (χ2v) is 9.38. The lowest BCUT2D eigenvalue weighted by Crippen LogP contribution is -2.65. The average Bonchev–Trinajstić information content (AvgIpc) is 3.38. The summed E-state index contributed by atoms with van der Waals surface area (Å²) in [5.41, 5.74) is 0.181. The molecule has 0 bridgehead atoms. The minimum absolute atomic E-state index is 0.0241. The fourth-order valence-corrected chi connectivity index (χ4v) is 4.44. The van der Waals surface area contributed by atoms with Gasteiger partial charge in [-0.05, 0) is 12.1 Å². The number of nitrogens with one attached hydrogen (secondary N) is 2. The van der Waals surface area contributed by atoms with E-state index in [1.807, 2.05) is 0 Å². The van der Waals surface area contributed by atoms with E-state index in [1.165, 1.54) is 0 Å². The van der Waals surface area contributed by atoms with Crippen LogP contribution in [0.4, 0.5) is 19.0 Å². The van der Waals surface area contributed by atoms with Gasteiger partial charge in [0.2, 0.25) is 0 Å². The summed E-state index contributed by atoms with van der Waals surface area (Å²) < 4.78 is 62.9. The molecule has 0 saturated carbocycles. The summed E-state index contributed by atoms with van der Waals surface area (Å²) in [6, 6.07) is 6.22. The van der Waals surface area contributed by atoms with E-state index in [0.717, 1.165) is 38.0 Å². The number of ether oxygens (including phenoxy) is 4. The molecule has 0 aliphatic carbocycles. The lowest BCUT2D eigenvalue weighted by Gasteiger charge is -2.45. The summed E-state index contributed by atoms with van der Waals surface area (Å²) in [4.78, 5) is 72.9. The quantitative estimate of drug-likeness (QED) is 0.272. The van der Waals surface area contributed by atoms with Crippen molar-refractivity contribution in [3.8, 4) is 0 Å². The Morgan fingerprint density at radius 2 is 1.59 bits per heavy atom. The highest BCUT2D eigenvalue weighted by Gasteiger charge is 2.54. The predicted octanol–water partition coefficient (Wildman–Crippen LogP) is 1.45. The molecule has 1 fully saturated rings. The van der Waals surface area contributed by atoms with Crippen molar-refractivity contribution in [3.63, 3.8) is 0 Å². The van der Waals surface area contributed by atoms with E-state index in [4.69, 9.17) is 18.9 Å². The summed E-state index contributed by atoms with van der Waals surface area (Å²) in [7, 11) is 0. The molecule has 1 aliphatic heterocycles. The average molecular weight is 623 g/mol. The zero-order chi connectivity index (χ0) is 32.2. The molecule has 0 unspecified atom stereocenters. The van der Waals surface area contributed by atoms with Gasteiger partial charge in [-0.25, -0.2) is 15.0 Å². The summed E-state index contributed by atoms with van der Waals surface area (Å²) in [5, 5.41) is 4.32.